The molecular weight excluding hydrogens is 524 g/mol. The molecule has 1 aliphatic rings. The van der Waals surface area contributed by atoms with Crippen molar-refractivity contribution in [1.29, 1.82) is 0 Å². The van der Waals surface area contributed by atoms with E-state index in [0.717, 1.165) is 31.2 Å². The summed E-state index contributed by atoms with van der Waals surface area (Å²) in [5.74, 6) is 0.787. The average molecular weight is 579 g/mol. The number of methoxy groups -OCH3 is 3. The molecule has 0 aromatic heterocycles. The van der Waals surface area contributed by atoms with Crippen molar-refractivity contribution in [2.24, 2.45) is 29.4 Å². The van der Waals surface area contributed by atoms with Crippen molar-refractivity contribution in [2.75, 3.05) is 34.5 Å². The number of nitrogens with two attached hydrogens (primary N) is 1. The van der Waals surface area contributed by atoms with E-state index in [2.05, 4.69) is 19.2 Å². The number of ether oxygens (including phenoxy) is 4. The van der Waals surface area contributed by atoms with Gasteiger partial charge in [-0.2, -0.15) is 0 Å². The minimum absolute atomic E-state index is 0.0320. The number of carbonyl (C=O) groups excluding carboxylic acids is 2. The highest BCUT2D eigenvalue weighted by molar-refractivity contribution is 5.89. The summed E-state index contributed by atoms with van der Waals surface area (Å²) < 4.78 is 21.6. The fourth-order valence-electron chi connectivity index (χ4n) is 5.75. The zero-order valence-electron chi connectivity index (χ0n) is 26.2. The third-order valence-corrected chi connectivity index (χ3v) is 8.52. The van der Waals surface area contributed by atoms with Crippen LogP contribution in [0.5, 0.6) is 11.5 Å². The van der Waals surface area contributed by atoms with E-state index in [9.17, 15) is 14.7 Å². The van der Waals surface area contributed by atoms with Crippen molar-refractivity contribution in [3.63, 3.8) is 0 Å². The Bertz CT molecular complexity index is 946. The summed E-state index contributed by atoms with van der Waals surface area (Å²) in [7, 11) is 4.65. The number of carbonyl (C=O) groups is 2. The summed E-state index contributed by atoms with van der Waals surface area (Å²) in [6.07, 6.45) is 4.39. The van der Waals surface area contributed by atoms with E-state index < -0.39 is 29.6 Å². The predicted octanol–water partition coefficient (Wildman–Crippen LogP) is 4.27. The van der Waals surface area contributed by atoms with E-state index in [1.165, 1.54) is 7.11 Å². The van der Waals surface area contributed by atoms with Crippen LogP contribution in [0.4, 0.5) is 0 Å². The Morgan fingerprint density at radius 2 is 1.68 bits per heavy atom. The van der Waals surface area contributed by atoms with E-state index >= 15 is 0 Å². The van der Waals surface area contributed by atoms with Gasteiger partial charge in [-0.15, -0.1) is 0 Å². The Balaban J connectivity index is 2.07. The first-order valence-corrected chi connectivity index (χ1v) is 15.1. The Kier molecular flexibility index (Phi) is 14.4. The molecule has 1 aliphatic carbocycles. The molecule has 9 heteroatoms. The van der Waals surface area contributed by atoms with Crippen molar-refractivity contribution in [1.82, 2.24) is 5.32 Å². The van der Waals surface area contributed by atoms with Gasteiger partial charge in [-0.25, -0.2) is 4.79 Å². The topological polar surface area (TPSA) is 129 Å². The third-order valence-electron chi connectivity index (χ3n) is 8.52. The first kappa shape index (κ1) is 34.8. The minimum atomic E-state index is -0.973. The zero-order chi connectivity index (χ0) is 30.6. The second-order valence-corrected chi connectivity index (χ2v) is 12.2. The monoisotopic (exact) mass is 578 g/mol. The summed E-state index contributed by atoms with van der Waals surface area (Å²) in [6.45, 7) is 9.39. The number of benzene rings is 1. The molecular formula is C32H54N2O7. The standard InChI is InChI=1S/C32H54N2O7/c1-21(2)24(17-23-11-12-28(39-6)29(18-23)41-16-10-15-38-5)19-26(33)27(35)20-25(22(3)4)30(36)34-32(31(37)40-7)13-8-9-14-32/h11-12,18,21-22,24-27,35H,8-10,13-17,19-20,33H2,1-7H3,(H,34,36)/t24-,25-,26-,27?/m0/s1. The Labute approximate surface area is 246 Å². The molecule has 1 fully saturated rings. The lowest BCUT2D eigenvalue weighted by Gasteiger charge is -2.33. The largest absolute Gasteiger partial charge is 0.493 e. The van der Waals surface area contributed by atoms with E-state index in [4.69, 9.17) is 24.7 Å². The lowest BCUT2D eigenvalue weighted by Crippen LogP contribution is -2.55. The highest BCUT2D eigenvalue weighted by Gasteiger charge is 2.45. The summed E-state index contributed by atoms with van der Waals surface area (Å²) in [5.41, 5.74) is 6.71. The van der Waals surface area contributed by atoms with Crippen LogP contribution in [-0.2, 0) is 25.5 Å². The van der Waals surface area contributed by atoms with Gasteiger partial charge in [0, 0.05) is 32.1 Å². The molecule has 0 spiro atoms. The smallest absolute Gasteiger partial charge is 0.331 e. The van der Waals surface area contributed by atoms with Gasteiger partial charge in [0.25, 0.3) is 0 Å². The molecule has 9 nitrogen and oxygen atoms in total. The normalized spacial score (nSPS) is 17.6. The van der Waals surface area contributed by atoms with Crippen molar-refractivity contribution in [3.05, 3.63) is 23.8 Å². The van der Waals surface area contributed by atoms with E-state index in [1.807, 2.05) is 32.0 Å². The number of nitrogens with one attached hydrogen (secondary N) is 1. The number of amides is 1. The lowest BCUT2D eigenvalue weighted by atomic mass is 9.80. The Morgan fingerprint density at radius 1 is 1.00 bits per heavy atom. The van der Waals surface area contributed by atoms with Crippen LogP contribution in [0.2, 0.25) is 0 Å². The van der Waals surface area contributed by atoms with Gasteiger partial charge in [0.15, 0.2) is 11.5 Å². The molecule has 234 valence electrons. The molecule has 0 aliphatic heterocycles. The van der Waals surface area contributed by atoms with Gasteiger partial charge in [0.05, 0.1) is 26.9 Å². The number of hydrogen-bond donors (Lipinski definition) is 3. The number of hydrogen-bond acceptors (Lipinski definition) is 8. The molecule has 2 rings (SSSR count). The molecule has 0 heterocycles. The number of aliphatic hydroxyl groups is 1. The lowest BCUT2D eigenvalue weighted by molar-refractivity contribution is -0.151. The van der Waals surface area contributed by atoms with Gasteiger partial charge in [0.2, 0.25) is 5.91 Å². The molecule has 1 aromatic rings. The quantitative estimate of drug-likeness (QED) is 0.174. The van der Waals surface area contributed by atoms with E-state index in [1.54, 1.807) is 14.2 Å². The van der Waals surface area contributed by atoms with Crippen LogP contribution in [0.1, 0.15) is 78.2 Å². The van der Waals surface area contributed by atoms with Crippen molar-refractivity contribution >= 4 is 11.9 Å². The van der Waals surface area contributed by atoms with E-state index in [-0.39, 0.29) is 24.2 Å². The van der Waals surface area contributed by atoms with Gasteiger partial charge in [0.1, 0.15) is 5.54 Å². The molecule has 1 amide bonds. The molecule has 0 saturated heterocycles. The van der Waals surface area contributed by atoms with Crippen molar-refractivity contribution in [2.45, 2.75) is 96.7 Å². The predicted molar refractivity (Wildman–Crippen MR) is 160 cm³/mol. The zero-order valence-corrected chi connectivity index (χ0v) is 26.2. The summed E-state index contributed by atoms with van der Waals surface area (Å²) in [5, 5.41) is 14.2. The van der Waals surface area contributed by atoms with Crippen LogP contribution < -0.4 is 20.5 Å². The molecule has 1 aromatic carbocycles. The number of esters is 1. The third kappa shape index (κ3) is 10.1. The molecule has 1 saturated carbocycles. The SMILES string of the molecule is COCCCOc1cc(C[C@@H](C[C@H](N)C(O)C[C@H](C(=O)NC2(C(=O)OC)CCCC2)C(C)C)C(C)C)ccc1OC. The van der Waals surface area contributed by atoms with Gasteiger partial charge in [-0.1, -0.05) is 46.6 Å². The highest BCUT2D eigenvalue weighted by atomic mass is 16.5. The first-order valence-electron chi connectivity index (χ1n) is 15.1. The molecule has 1 unspecified atom stereocenters. The fourth-order valence-corrected chi connectivity index (χ4v) is 5.75. The first-order chi connectivity index (χ1) is 19.5. The van der Waals surface area contributed by atoms with Crippen LogP contribution in [0.25, 0.3) is 0 Å². The Morgan fingerprint density at radius 3 is 2.24 bits per heavy atom. The Hall–Kier alpha value is -2.36. The van der Waals surface area contributed by atoms with Crippen LogP contribution in [-0.4, -0.2) is 69.2 Å². The highest BCUT2D eigenvalue weighted by Crippen LogP contribution is 2.33. The van der Waals surface area contributed by atoms with Gasteiger partial charge in [-0.3, -0.25) is 4.79 Å². The second kappa shape index (κ2) is 16.9. The van der Waals surface area contributed by atoms with Crippen molar-refractivity contribution in [3.8, 4) is 11.5 Å². The van der Waals surface area contributed by atoms with Gasteiger partial charge < -0.3 is 35.1 Å². The summed E-state index contributed by atoms with van der Waals surface area (Å²) >= 11 is 0. The molecule has 4 N–H and O–H groups in total. The van der Waals surface area contributed by atoms with Gasteiger partial charge >= 0.3 is 5.97 Å². The summed E-state index contributed by atoms with van der Waals surface area (Å²) in [6, 6.07) is 5.48. The fraction of sp³-hybridized carbons (Fsp3) is 0.750. The van der Waals surface area contributed by atoms with Crippen molar-refractivity contribution < 1.29 is 33.6 Å². The van der Waals surface area contributed by atoms with Crippen LogP contribution in [0.15, 0.2) is 18.2 Å². The molecule has 0 radical (unpaired) electrons. The summed E-state index contributed by atoms with van der Waals surface area (Å²) in [4.78, 5) is 25.9. The average Bonchev–Trinajstić information content (AvgIpc) is 3.42. The van der Waals surface area contributed by atoms with Crippen LogP contribution in [0, 0.1) is 23.7 Å². The maximum Gasteiger partial charge on any atom is 0.331 e. The second-order valence-electron chi connectivity index (χ2n) is 12.2. The number of aliphatic hydroxyl groups excluding tert-OH is 1. The molecule has 0 bridgehead atoms. The number of rotatable bonds is 18. The maximum absolute atomic E-state index is 13.4. The van der Waals surface area contributed by atoms with Gasteiger partial charge in [-0.05, 0) is 67.6 Å². The molecule has 4 atom stereocenters. The van der Waals surface area contributed by atoms with E-state index in [0.29, 0.717) is 49.9 Å². The van der Waals surface area contributed by atoms with Crippen LogP contribution >= 0.6 is 0 Å². The molecule has 41 heavy (non-hydrogen) atoms. The maximum atomic E-state index is 13.4. The van der Waals surface area contributed by atoms with Crippen LogP contribution in [0.3, 0.4) is 0 Å². The minimum Gasteiger partial charge on any atom is -0.493 e.